The lowest BCUT2D eigenvalue weighted by molar-refractivity contribution is -0.137. The Labute approximate surface area is 131 Å². The van der Waals surface area contributed by atoms with Crippen molar-refractivity contribution < 1.29 is 9.90 Å². The van der Waals surface area contributed by atoms with Gasteiger partial charge >= 0.3 is 5.97 Å². The van der Waals surface area contributed by atoms with Crippen molar-refractivity contribution in [3.63, 3.8) is 0 Å². The van der Waals surface area contributed by atoms with Crippen LogP contribution in [0.5, 0.6) is 0 Å². The van der Waals surface area contributed by atoms with Gasteiger partial charge in [-0.05, 0) is 51.0 Å². The molecule has 0 saturated heterocycles. The molecule has 3 nitrogen and oxygen atoms in total. The number of aliphatic carboxylic acids is 1. The average Bonchev–Trinajstić information content (AvgIpc) is 2.46. The molecule has 0 aromatic carbocycles. The van der Waals surface area contributed by atoms with Crippen molar-refractivity contribution in [3.05, 3.63) is 12.2 Å². The second kappa shape index (κ2) is 15.6. The fourth-order valence-electron chi connectivity index (χ4n) is 2.62. The summed E-state index contributed by atoms with van der Waals surface area (Å²) >= 11 is 0. The zero-order chi connectivity index (χ0) is 15.8. The van der Waals surface area contributed by atoms with Gasteiger partial charge < -0.3 is 10.8 Å². The maximum Gasteiger partial charge on any atom is 0.303 e. The molecular formula is C18H35NO2. The first-order chi connectivity index (χ1) is 10.2. The first-order valence-corrected chi connectivity index (χ1v) is 8.77. The molecule has 1 atom stereocenters. The third kappa shape index (κ3) is 15.4. The summed E-state index contributed by atoms with van der Waals surface area (Å²) in [5, 5.41) is 8.74. The third-order valence-electron chi connectivity index (χ3n) is 3.97. The van der Waals surface area contributed by atoms with Crippen LogP contribution in [-0.2, 0) is 4.79 Å². The molecule has 0 saturated carbocycles. The summed E-state index contributed by atoms with van der Waals surface area (Å²) in [4.78, 5) is 10.6. The molecule has 0 unspecified atom stereocenters. The van der Waals surface area contributed by atoms with E-state index in [4.69, 9.17) is 10.8 Å². The molecule has 21 heavy (non-hydrogen) atoms. The van der Waals surface area contributed by atoms with Crippen LogP contribution in [0.15, 0.2) is 12.2 Å². The molecule has 3 N–H and O–H groups in total. The van der Waals surface area contributed by atoms with Gasteiger partial charge in [-0.15, -0.1) is 0 Å². The number of rotatable bonds is 15. The van der Waals surface area contributed by atoms with E-state index < -0.39 is 5.97 Å². The normalized spacial score (nSPS) is 12.9. The summed E-state index contributed by atoms with van der Waals surface area (Å²) in [6.45, 7) is 2.91. The summed E-state index contributed by atoms with van der Waals surface area (Å²) in [5.74, 6) is -0.202. The van der Waals surface area contributed by atoms with Crippen LogP contribution >= 0.6 is 0 Å². The highest BCUT2D eigenvalue weighted by Crippen LogP contribution is 2.19. The van der Waals surface area contributed by atoms with E-state index in [-0.39, 0.29) is 6.42 Å². The van der Waals surface area contributed by atoms with E-state index >= 15 is 0 Å². The van der Waals surface area contributed by atoms with E-state index in [1.807, 2.05) is 0 Å². The summed E-state index contributed by atoms with van der Waals surface area (Å²) in [7, 11) is 0. The number of carboxylic acids is 1. The molecular weight excluding hydrogens is 262 g/mol. The maximum absolute atomic E-state index is 10.6. The van der Waals surface area contributed by atoms with Crippen LogP contribution in [-0.4, -0.2) is 17.6 Å². The van der Waals surface area contributed by atoms with Crippen molar-refractivity contribution in [1.29, 1.82) is 0 Å². The van der Waals surface area contributed by atoms with Gasteiger partial charge in [-0.2, -0.15) is 0 Å². The predicted octanol–water partition coefficient (Wildman–Crippen LogP) is 4.90. The average molecular weight is 297 g/mol. The van der Waals surface area contributed by atoms with Crippen molar-refractivity contribution in [2.75, 3.05) is 6.54 Å². The van der Waals surface area contributed by atoms with Gasteiger partial charge in [0.1, 0.15) is 0 Å². The summed E-state index contributed by atoms with van der Waals surface area (Å²) < 4.78 is 0. The Hall–Kier alpha value is -0.830. The molecule has 0 spiro atoms. The molecule has 124 valence electrons. The van der Waals surface area contributed by atoms with Gasteiger partial charge in [0, 0.05) is 6.42 Å². The van der Waals surface area contributed by atoms with E-state index in [1.165, 1.54) is 44.9 Å². The lowest BCUT2D eigenvalue weighted by Gasteiger charge is -2.14. The van der Waals surface area contributed by atoms with Gasteiger partial charge in [-0.25, -0.2) is 0 Å². The second-order valence-electron chi connectivity index (χ2n) is 5.98. The Bertz CT molecular complexity index is 264. The van der Waals surface area contributed by atoms with Gasteiger partial charge in [0.25, 0.3) is 0 Å². The van der Waals surface area contributed by atoms with Crippen LogP contribution in [0.25, 0.3) is 0 Å². The zero-order valence-corrected chi connectivity index (χ0v) is 13.9. The summed E-state index contributed by atoms with van der Waals surface area (Å²) in [6, 6.07) is 0. The Kier molecular flexibility index (Phi) is 14.9. The van der Waals surface area contributed by atoms with Crippen molar-refractivity contribution in [2.45, 2.75) is 84.0 Å². The topological polar surface area (TPSA) is 63.3 Å². The van der Waals surface area contributed by atoms with E-state index in [0.717, 1.165) is 25.7 Å². The van der Waals surface area contributed by atoms with E-state index in [9.17, 15) is 4.79 Å². The van der Waals surface area contributed by atoms with Crippen LogP contribution in [0.1, 0.15) is 84.0 Å². The highest BCUT2D eigenvalue weighted by molar-refractivity contribution is 5.66. The minimum Gasteiger partial charge on any atom is -0.481 e. The SMILES string of the molecule is CCCCCC/C=C\CCCC[C@H](CCN)CCC(=O)O. The monoisotopic (exact) mass is 297 g/mol. The number of hydrogen-bond acceptors (Lipinski definition) is 2. The van der Waals surface area contributed by atoms with Crippen LogP contribution in [0, 0.1) is 5.92 Å². The standard InChI is InChI=1S/C18H35NO2/c1-2-3-4-5-6-7-8-9-10-11-12-17(15-16-19)13-14-18(20)21/h7-8,17H,2-6,9-16,19H2,1H3,(H,20,21)/b8-7-/t17-/m0/s1. The first-order valence-electron chi connectivity index (χ1n) is 8.77. The van der Waals surface area contributed by atoms with Crippen LogP contribution in [0.2, 0.25) is 0 Å². The Morgan fingerprint density at radius 2 is 1.67 bits per heavy atom. The number of nitrogens with two attached hydrogens (primary N) is 1. The maximum atomic E-state index is 10.6. The lowest BCUT2D eigenvalue weighted by Crippen LogP contribution is -2.10. The highest BCUT2D eigenvalue weighted by Gasteiger charge is 2.09. The summed E-state index contributed by atoms with van der Waals surface area (Å²) in [5.41, 5.74) is 5.60. The smallest absolute Gasteiger partial charge is 0.303 e. The minimum atomic E-state index is -0.692. The van der Waals surface area contributed by atoms with Crippen molar-refractivity contribution >= 4 is 5.97 Å². The molecule has 0 aliphatic heterocycles. The zero-order valence-electron chi connectivity index (χ0n) is 13.9. The number of carboxylic acid groups (broad SMARTS) is 1. The molecule has 0 fully saturated rings. The molecule has 0 amide bonds. The number of carbonyl (C=O) groups is 1. The molecule has 0 rings (SSSR count). The molecule has 0 aliphatic carbocycles. The van der Waals surface area contributed by atoms with Crippen LogP contribution in [0.4, 0.5) is 0 Å². The van der Waals surface area contributed by atoms with Crippen molar-refractivity contribution in [1.82, 2.24) is 0 Å². The van der Waals surface area contributed by atoms with Crippen LogP contribution in [0.3, 0.4) is 0 Å². The molecule has 0 aliphatic rings. The number of hydrogen-bond donors (Lipinski definition) is 2. The largest absolute Gasteiger partial charge is 0.481 e. The lowest BCUT2D eigenvalue weighted by atomic mass is 9.93. The Morgan fingerprint density at radius 3 is 2.24 bits per heavy atom. The Morgan fingerprint density at radius 1 is 1.00 bits per heavy atom. The molecule has 3 heteroatoms. The van der Waals surface area contributed by atoms with Gasteiger partial charge in [0.05, 0.1) is 0 Å². The fourth-order valence-corrected chi connectivity index (χ4v) is 2.62. The van der Waals surface area contributed by atoms with E-state index in [1.54, 1.807) is 0 Å². The quantitative estimate of drug-likeness (QED) is 0.334. The molecule has 0 aromatic heterocycles. The number of unbranched alkanes of at least 4 members (excludes halogenated alkanes) is 6. The van der Waals surface area contributed by atoms with Gasteiger partial charge in [0.2, 0.25) is 0 Å². The first kappa shape index (κ1) is 20.2. The second-order valence-corrected chi connectivity index (χ2v) is 5.98. The van der Waals surface area contributed by atoms with Gasteiger partial charge in [0.15, 0.2) is 0 Å². The highest BCUT2D eigenvalue weighted by atomic mass is 16.4. The van der Waals surface area contributed by atoms with Gasteiger partial charge in [-0.3, -0.25) is 4.79 Å². The van der Waals surface area contributed by atoms with Crippen molar-refractivity contribution in [2.24, 2.45) is 11.7 Å². The molecule has 0 heterocycles. The third-order valence-corrected chi connectivity index (χ3v) is 3.97. The molecule has 0 bridgehead atoms. The summed E-state index contributed by atoms with van der Waals surface area (Å²) in [6.07, 6.45) is 17.8. The van der Waals surface area contributed by atoms with Gasteiger partial charge in [-0.1, -0.05) is 51.2 Å². The molecule has 0 radical (unpaired) electrons. The number of allylic oxidation sites excluding steroid dienone is 2. The van der Waals surface area contributed by atoms with Crippen molar-refractivity contribution in [3.8, 4) is 0 Å². The predicted molar refractivity (Wildman–Crippen MR) is 90.4 cm³/mol. The Balaban J connectivity index is 3.52. The minimum absolute atomic E-state index is 0.280. The van der Waals surface area contributed by atoms with Crippen LogP contribution < -0.4 is 5.73 Å². The van der Waals surface area contributed by atoms with E-state index in [0.29, 0.717) is 12.5 Å². The molecule has 0 aromatic rings. The van der Waals surface area contributed by atoms with E-state index in [2.05, 4.69) is 19.1 Å². The fraction of sp³-hybridized carbons (Fsp3) is 0.833.